The predicted molar refractivity (Wildman–Crippen MR) is 32.0 cm³/mol. The van der Waals surface area contributed by atoms with Crippen molar-refractivity contribution in [2.75, 3.05) is 13.2 Å². The number of rotatable bonds is 4. The van der Waals surface area contributed by atoms with Gasteiger partial charge in [0.1, 0.15) is 6.61 Å². The third-order valence-corrected chi connectivity index (χ3v) is 0.934. The molecule has 0 aromatic carbocycles. The molecular formula is C6H7F5O. The van der Waals surface area contributed by atoms with Gasteiger partial charge in [-0.15, -0.1) is 6.58 Å². The van der Waals surface area contributed by atoms with Gasteiger partial charge in [0.15, 0.2) is 0 Å². The third-order valence-electron chi connectivity index (χ3n) is 0.934. The molecule has 72 valence electrons. The molecule has 0 amide bonds. The minimum Gasteiger partial charge on any atom is -0.371 e. The van der Waals surface area contributed by atoms with E-state index in [4.69, 9.17) is 0 Å². The summed E-state index contributed by atoms with van der Waals surface area (Å²) in [5.41, 5.74) is 0. The van der Waals surface area contributed by atoms with Crippen LogP contribution in [0.2, 0.25) is 0 Å². The highest BCUT2D eigenvalue weighted by Crippen LogP contribution is 2.35. The summed E-state index contributed by atoms with van der Waals surface area (Å²) in [5, 5.41) is 0. The largest absolute Gasteiger partial charge is 0.455 e. The van der Waals surface area contributed by atoms with Crippen molar-refractivity contribution in [1.82, 2.24) is 0 Å². The lowest BCUT2D eigenvalue weighted by Crippen LogP contribution is -2.40. The Morgan fingerprint density at radius 1 is 1.17 bits per heavy atom. The van der Waals surface area contributed by atoms with Gasteiger partial charge in [0.05, 0.1) is 6.61 Å². The van der Waals surface area contributed by atoms with Crippen molar-refractivity contribution in [2.45, 2.75) is 12.1 Å². The molecule has 0 aliphatic rings. The molecule has 0 saturated carbocycles. The maximum absolute atomic E-state index is 12.0. The number of ether oxygens (including phenoxy) is 1. The minimum atomic E-state index is -5.55. The van der Waals surface area contributed by atoms with Crippen LogP contribution in [0.3, 0.4) is 0 Å². The summed E-state index contributed by atoms with van der Waals surface area (Å²) in [4.78, 5) is 0. The molecule has 0 aromatic rings. The molecule has 0 bridgehead atoms. The van der Waals surface area contributed by atoms with Gasteiger partial charge in [-0.05, 0) is 0 Å². The van der Waals surface area contributed by atoms with Gasteiger partial charge in [0.25, 0.3) is 0 Å². The van der Waals surface area contributed by atoms with E-state index in [1.807, 2.05) is 0 Å². The maximum Gasteiger partial charge on any atom is 0.455 e. The van der Waals surface area contributed by atoms with E-state index in [1.165, 1.54) is 0 Å². The van der Waals surface area contributed by atoms with E-state index in [-0.39, 0.29) is 6.61 Å². The first-order valence-electron chi connectivity index (χ1n) is 2.94. The Morgan fingerprint density at radius 2 is 1.67 bits per heavy atom. The third kappa shape index (κ3) is 3.17. The van der Waals surface area contributed by atoms with E-state index in [9.17, 15) is 22.0 Å². The van der Waals surface area contributed by atoms with Crippen LogP contribution in [-0.2, 0) is 4.74 Å². The summed E-state index contributed by atoms with van der Waals surface area (Å²) in [6, 6.07) is 0. The molecule has 0 aliphatic carbocycles. The zero-order chi connectivity index (χ0) is 9.83. The number of hydrogen-bond acceptors (Lipinski definition) is 1. The molecule has 0 spiro atoms. The van der Waals surface area contributed by atoms with Gasteiger partial charge in [0.2, 0.25) is 0 Å². The highest BCUT2D eigenvalue weighted by atomic mass is 19.4. The van der Waals surface area contributed by atoms with Crippen molar-refractivity contribution in [3.8, 4) is 0 Å². The van der Waals surface area contributed by atoms with E-state index in [1.54, 1.807) is 0 Å². The molecule has 6 heteroatoms. The lowest BCUT2D eigenvalue weighted by molar-refractivity contribution is -0.295. The van der Waals surface area contributed by atoms with Crippen molar-refractivity contribution < 1.29 is 26.7 Å². The van der Waals surface area contributed by atoms with Crippen LogP contribution in [0, 0.1) is 0 Å². The first kappa shape index (κ1) is 11.4. The Morgan fingerprint density at radius 3 is 2.00 bits per heavy atom. The molecule has 0 aliphatic heterocycles. The first-order chi connectivity index (χ1) is 5.31. The first-order valence-corrected chi connectivity index (χ1v) is 2.94. The second kappa shape index (κ2) is 3.84. The summed E-state index contributed by atoms with van der Waals surface area (Å²) in [6.07, 6.45) is -4.46. The van der Waals surface area contributed by atoms with Gasteiger partial charge in [-0.2, -0.15) is 22.0 Å². The molecule has 0 aromatic heterocycles. The molecule has 0 heterocycles. The van der Waals surface area contributed by atoms with Gasteiger partial charge < -0.3 is 4.74 Å². The normalized spacial score (nSPS) is 13.1. The fourth-order valence-electron chi connectivity index (χ4n) is 0.352. The van der Waals surface area contributed by atoms with Crippen LogP contribution in [-0.4, -0.2) is 25.3 Å². The number of hydrogen-bond donors (Lipinski definition) is 0. The summed E-state index contributed by atoms with van der Waals surface area (Å²) in [7, 11) is 0. The average Bonchev–Trinajstić information content (AvgIpc) is 1.85. The Balaban J connectivity index is 3.95. The molecule has 0 N–H and O–H groups in total. The summed E-state index contributed by atoms with van der Waals surface area (Å²) >= 11 is 0. The second-order valence-corrected chi connectivity index (χ2v) is 2.01. The molecule has 1 nitrogen and oxygen atoms in total. The number of halogens is 5. The molecule has 0 atom stereocenters. The second-order valence-electron chi connectivity index (χ2n) is 2.01. The van der Waals surface area contributed by atoms with Crippen molar-refractivity contribution in [3.05, 3.63) is 12.7 Å². The molecule has 0 rings (SSSR count). The van der Waals surface area contributed by atoms with Crippen molar-refractivity contribution in [1.29, 1.82) is 0 Å². The van der Waals surface area contributed by atoms with Crippen LogP contribution in [0.4, 0.5) is 22.0 Å². The predicted octanol–water partition coefficient (Wildman–Crippen LogP) is 2.39. The van der Waals surface area contributed by atoms with Crippen LogP contribution in [0.25, 0.3) is 0 Å². The lowest BCUT2D eigenvalue weighted by Gasteiger charge is -2.18. The quantitative estimate of drug-likeness (QED) is 0.375. The van der Waals surface area contributed by atoms with Gasteiger partial charge in [-0.1, -0.05) is 6.08 Å². The standard InChI is InChI=1S/C6H7F5O/c1-2-3-12-4-5(7,8)6(9,10)11/h2H,1,3-4H2. The van der Waals surface area contributed by atoms with Crippen LogP contribution in [0.1, 0.15) is 0 Å². The maximum atomic E-state index is 12.0. The molecule has 12 heavy (non-hydrogen) atoms. The topological polar surface area (TPSA) is 9.23 Å². The fraction of sp³-hybridized carbons (Fsp3) is 0.667. The Hall–Kier alpha value is -0.650. The lowest BCUT2D eigenvalue weighted by atomic mass is 10.3. The van der Waals surface area contributed by atoms with Crippen molar-refractivity contribution in [3.63, 3.8) is 0 Å². The zero-order valence-corrected chi connectivity index (χ0v) is 6.00. The molecule has 0 saturated heterocycles. The minimum absolute atomic E-state index is 0.328. The van der Waals surface area contributed by atoms with Crippen LogP contribution >= 0.6 is 0 Å². The smallest absolute Gasteiger partial charge is 0.371 e. The van der Waals surface area contributed by atoms with Crippen LogP contribution < -0.4 is 0 Å². The van der Waals surface area contributed by atoms with E-state index in [2.05, 4.69) is 11.3 Å². The van der Waals surface area contributed by atoms with Crippen LogP contribution in [0.5, 0.6) is 0 Å². The Labute approximate surface area is 65.8 Å². The highest BCUT2D eigenvalue weighted by molar-refractivity contribution is 4.76. The number of alkyl halides is 5. The van der Waals surface area contributed by atoms with E-state index < -0.39 is 18.7 Å². The van der Waals surface area contributed by atoms with Crippen molar-refractivity contribution >= 4 is 0 Å². The summed E-state index contributed by atoms with van der Waals surface area (Å²) in [5.74, 6) is -4.78. The van der Waals surface area contributed by atoms with Crippen LogP contribution in [0.15, 0.2) is 12.7 Å². The Bertz CT molecular complexity index is 151. The summed E-state index contributed by atoms with van der Waals surface area (Å²) in [6.45, 7) is 1.10. The van der Waals surface area contributed by atoms with Crippen molar-refractivity contribution in [2.24, 2.45) is 0 Å². The SMILES string of the molecule is C=CCOCC(F)(F)C(F)(F)F. The molecular weight excluding hydrogens is 183 g/mol. The fourth-order valence-corrected chi connectivity index (χ4v) is 0.352. The average molecular weight is 190 g/mol. The molecule has 0 unspecified atom stereocenters. The Kier molecular flexibility index (Phi) is 3.63. The van der Waals surface area contributed by atoms with E-state index in [0.29, 0.717) is 0 Å². The molecule has 0 radical (unpaired) electrons. The summed E-state index contributed by atoms with van der Waals surface area (Å²) < 4.78 is 62.1. The molecule has 0 fully saturated rings. The van der Waals surface area contributed by atoms with Gasteiger partial charge in [0, 0.05) is 0 Å². The monoisotopic (exact) mass is 190 g/mol. The van der Waals surface area contributed by atoms with Gasteiger partial charge in [-0.25, -0.2) is 0 Å². The highest BCUT2D eigenvalue weighted by Gasteiger charge is 2.57. The van der Waals surface area contributed by atoms with Gasteiger partial charge in [-0.3, -0.25) is 0 Å². The van der Waals surface area contributed by atoms with Gasteiger partial charge >= 0.3 is 12.1 Å². The van der Waals surface area contributed by atoms with E-state index >= 15 is 0 Å². The zero-order valence-electron chi connectivity index (χ0n) is 6.00. The van der Waals surface area contributed by atoms with E-state index in [0.717, 1.165) is 6.08 Å².